The molecule has 9 heteroatoms. The molecule has 2 fully saturated rings. The van der Waals surface area contributed by atoms with Crippen LogP contribution in [0.1, 0.15) is 37.9 Å². The fourth-order valence-corrected chi connectivity index (χ4v) is 6.67. The van der Waals surface area contributed by atoms with Crippen LogP contribution in [0.15, 0.2) is 35.5 Å². The van der Waals surface area contributed by atoms with Crippen molar-refractivity contribution in [3.8, 4) is 0 Å². The summed E-state index contributed by atoms with van der Waals surface area (Å²) in [5, 5.41) is 0.370. The first-order valence-corrected chi connectivity index (χ1v) is 13.0. The Kier molecular flexibility index (Phi) is 6.80. The molecule has 0 aliphatic carbocycles. The van der Waals surface area contributed by atoms with Gasteiger partial charge in [-0.05, 0) is 35.7 Å². The van der Waals surface area contributed by atoms with Crippen LogP contribution in [-0.2, 0) is 22.6 Å². The molecular weight excluding hydrogens is 462 g/mol. The summed E-state index contributed by atoms with van der Waals surface area (Å²) in [4.78, 5) is 39.7. The van der Waals surface area contributed by atoms with Gasteiger partial charge in [-0.2, -0.15) is 11.8 Å². The largest absolute Gasteiger partial charge is 0.457 e. The van der Waals surface area contributed by atoms with Crippen molar-refractivity contribution in [2.75, 3.05) is 50.9 Å². The topological polar surface area (TPSA) is 78.3 Å². The maximum absolute atomic E-state index is 13.0. The molecule has 8 nitrogen and oxygen atoms in total. The van der Waals surface area contributed by atoms with Crippen LogP contribution in [0.2, 0.25) is 0 Å². The number of benzene rings is 1. The molecule has 0 saturated carbocycles. The average Bonchev–Trinajstić information content (AvgIpc) is 3.25. The molecule has 3 aliphatic heterocycles. The van der Waals surface area contributed by atoms with E-state index in [-0.39, 0.29) is 11.9 Å². The molecule has 5 rings (SSSR count). The van der Waals surface area contributed by atoms with Gasteiger partial charge in [-0.1, -0.05) is 12.1 Å². The minimum absolute atomic E-state index is 0.161. The number of thioether (sulfide) groups is 1. The Hall–Kier alpha value is -2.91. The quantitative estimate of drug-likeness (QED) is 0.360. The van der Waals surface area contributed by atoms with Crippen LogP contribution in [0.5, 0.6) is 0 Å². The lowest BCUT2D eigenvalue weighted by molar-refractivity contribution is -0.133. The zero-order chi connectivity index (χ0) is 24.5. The molecule has 1 aromatic carbocycles. The third-order valence-electron chi connectivity index (χ3n) is 7.22. The highest BCUT2D eigenvalue weighted by Crippen LogP contribution is 2.40. The Morgan fingerprint density at radius 2 is 2.14 bits per heavy atom. The predicted octanol–water partition coefficient (Wildman–Crippen LogP) is 2.70. The van der Waals surface area contributed by atoms with Gasteiger partial charge in [0.05, 0.1) is 18.3 Å². The van der Waals surface area contributed by atoms with Gasteiger partial charge in [0.25, 0.3) is 0 Å². The Balaban J connectivity index is 1.18. The first-order chi connectivity index (χ1) is 16.9. The van der Waals surface area contributed by atoms with Gasteiger partial charge in [0, 0.05) is 69.1 Å². The highest BCUT2D eigenvalue weighted by Gasteiger charge is 2.36. The molecule has 2 saturated heterocycles. The molecule has 4 heterocycles. The minimum atomic E-state index is -0.211. The molecule has 3 aliphatic rings. The summed E-state index contributed by atoms with van der Waals surface area (Å²) in [5.74, 6) is 1.74. The number of fused-ring (bicyclic) bond motifs is 2. The van der Waals surface area contributed by atoms with E-state index < -0.39 is 0 Å². The number of carbonyl (C=O) groups is 2. The second kappa shape index (κ2) is 9.99. The van der Waals surface area contributed by atoms with Gasteiger partial charge in [-0.3, -0.25) is 14.7 Å². The minimum Gasteiger partial charge on any atom is -0.457 e. The number of pyridine rings is 1. The van der Waals surface area contributed by atoms with Crippen LogP contribution in [-0.4, -0.2) is 85.1 Å². The van der Waals surface area contributed by atoms with E-state index >= 15 is 0 Å². The number of piperazine rings is 1. The van der Waals surface area contributed by atoms with Crippen molar-refractivity contribution in [3.05, 3.63) is 58.3 Å². The van der Waals surface area contributed by atoms with Gasteiger partial charge in [-0.15, -0.1) is 0 Å². The lowest BCUT2D eigenvalue weighted by atomic mass is 9.96. The first-order valence-electron chi connectivity index (χ1n) is 12.0. The fraction of sp³-hybridized carbons (Fsp3) is 0.462. The Morgan fingerprint density at radius 3 is 2.91 bits per heavy atom. The maximum Gasteiger partial charge on any atom is 0.338 e. The molecule has 0 spiro atoms. The van der Waals surface area contributed by atoms with Crippen molar-refractivity contribution in [1.82, 2.24) is 14.8 Å². The zero-order valence-electron chi connectivity index (χ0n) is 20.4. The molecule has 184 valence electrons. The number of carbonyl (C=O) groups excluding carboxylic acids is 2. The molecule has 0 bridgehead atoms. The van der Waals surface area contributed by atoms with Crippen LogP contribution >= 0.6 is 11.8 Å². The number of esters is 1. The van der Waals surface area contributed by atoms with Crippen LogP contribution in [0, 0.1) is 6.92 Å². The second-order valence-corrected chi connectivity index (χ2v) is 10.6. The number of amides is 1. The van der Waals surface area contributed by atoms with Crippen molar-refractivity contribution in [2.45, 2.75) is 31.2 Å². The first kappa shape index (κ1) is 23.8. The second-order valence-electron chi connectivity index (χ2n) is 9.38. The van der Waals surface area contributed by atoms with E-state index in [2.05, 4.69) is 27.9 Å². The number of hydrogen-bond acceptors (Lipinski definition) is 7. The van der Waals surface area contributed by atoms with E-state index in [4.69, 9.17) is 4.74 Å². The summed E-state index contributed by atoms with van der Waals surface area (Å²) >= 11 is 1.96. The van der Waals surface area contributed by atoms with E-state index in [0.717, 1.165) is 48.9 Å². The summed E-state index contributed by atoms with van der Waals surface area (Å²) < 4.78 is 5.23. The van der Waals surface area contributed by atoms with Crippen molar-refractivity contribution >= 4 is 35.8 Å². The number of rotatable bonds is 5. The van der Waals surface area contributed by atoms with Gasteiger partial charge >= 0.3 is 5.97 Å². The third kappa shape index (κ3) is 4.79. The van der Waals surface area contributed by atoms with Gasteiger partial charge in [0.1, 0.15) is 12.4 Å². The molecule has 2 atom stereocenters. The Labute approximate surface area is 210 Å². The summed E-state index contributed by atoms with van der Waals surface area (Å²) in [7, 11) is 3.62. The van der Waals surface area contributed by atoms with Gasteiger partial charge in [0.2, 0.25) is 5.91 Å². The average molecular weight is 494 g/mol. The smallest absolute Gasteiger partial charge is 0.338 e. The van der Waals surface area contributed by atoms with E-state index in [9.17, 15) is 9.59 Å². The highest BCUT2D eigenvalue weighted by molar-refractivity contribution is 7.99. The van der Waals surface area contributed by atoms with Gasteiger partial charge in [0.15, 0.2) is 0 Å². The van der Waals surface area contributed by atoms with Gasteiger partial charge < -0.3 is 14.5 Å². The summed E-state index contributed by atoms with van der Waals surface area (Å²) in [5.41, 5.74) is 5.17. The normalized spacial score (nSPS) is 22.1. The zero-order valence-corrected chi connectivity index (χ0v) is 21.3. The number of aromatic nitrogens is 1. The maximum atomic E-state index is 13.0. The van der Waals surface area contributed by atoms with Crippen LogP contribution in [0.25, 0.3) is 0 Å². The number of hydrogen-bond donors (Lipinski definition) is 0. The van der Waals surface area contributed by atoms with Crippen LogP contribution in [0.3, 0.4) is 0 Å². The molecule has 2 aromatic rings. The molecule has 1 aromatic heterocycles. The summed E-state index contributed by atoms with van der Waals surface area (Å²) in [6.07, 6.45) is 3.86. The summed E-state index contributed by atoms with van der Waals surface area (Å²) in [6, 6.07) is 8.28. The number of ether oxygens (including phenoxy) is 1. The third-order valence-corrected chi connectivity index (χ3v) is 8.60. The monoisotopic (exact) mass is 493 g/mol. The molecule has 35 heavy (non-hydrogen) atoms. The number of aliphatic imine (C=N–C) groups is 1. The van der Waals surface area contributed by atoms with E-state index in [1.54, 1.807) is 19.6 Å². The molecule has 0 N–H and O–H groups in total. The lowest BCUT2D eigenvalue weighted by Gasteiger charge is -2.46. The fourth-order valence-electron chi connectivity index (χ4n) is 5.16. The molecular formula is C26H31N5O3S. The highest BCUT2D eigenvalue weighted by atomic mass is 32.2. The van der Waals surface area contributed by atoms with Crippen molar-refractivity contribution in [3.63, 3.8) is 0 Å². The van der Waals surface area contributed by atoms with Crippen molar-refractivity contribution in [1.29, 1.82) is 0 Å². The molecule has 0 radical (unpaired) electrons. The number of anilines is 1. The molecule has 2 unspecified atom stereocenters. The van der Waals surface area contributed by atoms with Crippen LogP contribution in [0.4, 0.5) is 5.82 Å². The molecule has 1 amide bonds. The Bertz CT molecular complexity index is 1150. The van der Waals surface area contributed by atoms with E-state index in [1.165, 1.54) is 11.1 Å². The number of nitrogens with zero attached hydrogens (tertiary/aromatic N) is 5. The Morgan fingerprint density at radius 1 is 1.29 bits per heavy atom. The standard InChI is InChI=1S/C26H31N5O3S/c1-17-20(5-6-21-22(17)14-34-26(21)33)23-13-30-8-9-31(12-19(30)15-35-23)25(32)10-18-4-7-24(28-11-18)29(3)16-27-2/h4-7,11,16,19,23H,8-10,12-15H2,1-3H3. The predicted molar refractivity (Wildman–Crippen MR) is 138 cm³/mol. The van der Waals surface area contributed by atoms with Crippen molar-refractivity contribution in [2.24, 2.45) is 4.99 Å². The van der Waals surface area contributed by atoms with Crippen molar-refractivity contribution < 1.29 is 14.3 Å². The lowest BCUT2D eigenvalue weighted by Crippen LogP contribution is -2.58. The van der Waals surface area contributed by atoms with E-state index in [0.29, 0.717) is 29.9 Å². The SMILES string of the molecule is CN=CN(C)c1ccc(CC(=O)N2CCN3CC(c4ccc5c(c4C)COC5=O)SCC3C2)cn1. The van der Waals surface area contributed by atoms with Crippen LogP contribution < -0.4 is 4.90 Å². The summed E-state index contributed by atoms with van der Waals surface area (Å²) in [6.45, 7) is 5.86. The van der Waals surface area contributed by atoms with Gasteiger partial charge in [-0.25, -0.2) is 9.78 Å². The van der Waals surface area contributed by atoms with E-state index in [1.807, 2.05) is 46.8 Å². The number of cyclic esters (lactones) is 1.